The van der Waals surface area contributed by atoms with Gasteiger partial charge in [-0.3, -0.25) is 0 Å². The molecule has 0 spiro atoms. The van der Waals surface area contributed by atoms with Crippen LogP contribution in [0.3, 0.4) is 0 Å². The van der Waals surface area contributed by atoms with E-state index in [1.807, 2.05) is 97.1 Å². The number of benzene rings is 7. The lowest BCUT2D eigenvalue weighted by atomic mass is 9.96. The van der Waals surface area contributed by atoms with Gasteiger partial charge in [0.05, 0.1) is 5.69 Å². The predicted octanol–water partition coefficient (Wildman–Crippen LogP) is 9.58. The van der Waals surface area contributed by atoms with E-state index in [1.165, 1.54) is 0 Å². The van der Waals surface area contributed by atoms with Crippen LogP contribution in [0.5, 0.6) is 0 Å². The maximum absolute atomic E-state index is 4.92. The number of hydrogen-bond donors (Lipinski definition) is 0. The highest BCUT2D eigenvalue weighted by Crippen LogP contribution is 2.34. The summed E-state index contributed by atoms with van der Waals surface area (Å²) >= 11 is 0. The summed E-state index contributed by atoms with van der Waals surface area (Å²) in [5.41, 5.74) is 7.79. The summed E-state index contributed by atoms with van der Waals surface area (Å²) in [7, 11) is 0. The SMILES string of the molecule is c1ccc(-c2nc(-c3ccccc3)nc(-c3ccc(-c4ccc5c(ccc6ccc7nn(-c8ccccc8)nc7c65)c4)cc3)n2)cc1. The maximum atomic E-state index is 4.92. The van der Waals surface area contributed by atoms with Crippen molar-refractivity contribution in [2.75, 3.05) is 0 Å². The van der Waals surface area contributed by atoms with Crippen LogP contribution in [0.15, 0.2) is 158 Å². The Labute approximate surface area is 270 Å². The second kappa shape index (κ2) is 11.1. The molecule has 0 saturated carbocycles. The molecule has 0 N–H and O–H groups in total. The molecule has 6 heteroatoms. The molecule has 2 heterocycles. The lowest BCUT2D eigenvalue weighted by molar-refractivity contribution is 0.766. The van der Waals surface area contributed by atoms with Crippen LogP contribution in [-0.2, 0) is 0 Å². The molecule has 0 amide bonds. The first-order valence-electron chi connectivity index (χ1n) is 15.5. The zero-order valence-corrected chi connectivity index (χ0v) is 25.2. The molecule has 0 saturated heterocycles. The van der Waals surface area contributed by atoms with E-state index in [2.05, 4.69) is 60.7 Å². The topological polar surface area (TPSA) is 69.4 Å². The normalized spacial score (nSPS) is 11.4. The average molecular weight is 603 g/mol. The van der Waals surface area contributed by atoms with Crippen molar-refractivity contribution in [2.45, 2.75) is 0 Å². The molecule has 7 aromatic carbocycles. The monoisotopic (exact) mass is 602 g/mol. The molecular weight excluding hydrogens is 576 g/mol. The summed E-state index contributed by atoms with van der Waals surface area (Å²) in [4.78, 5) is 16.3. The molecule has 9 rings (SSSR count). The minimum Gasteiger partial charge on any atom is -0.208 e. The Morgan fingerprint density at radius 1 is 0.383 bits per heavy atom. The van der Waals surface area contributed by atoms with Gasteiger partial charge >= 0.3 is 0 Å². The zero-order valence-electron chi connectivity index (χ0n) is 25.2. The zero-order chi connectivity index (χ0) is 31.2. The summed E-state index contributed by atoms with van der Waals surface area (Å²) < 4.78 is 0. The smallest absolute Gasteiger partial charge is 0.164 e. The Balaban J connectivity index is 1.10. The third-order valence-electron chi connectivity index (χ3n) is 8.51. The number of nitrogens with zero attached hydrogens (tertiary/aromatic N) is 6. The highest BCUT2D eigenvalue weighted by atomic mass is 15.5. The fourth-order valence-corrected chi connectivity index (χ4v) is 6.13. The van der Waals surface area contributed by atoms with E-state index in [-0.39, 0.29) is 0 Å². The van der Waals surface area contributed by atoms with Gasteiger partial charge in [0.1, 0.15) is 11.0 Å². The van der Waals surface area contributed by atoms with E-state index in [9.17, 15) is 0 Å². The van der Waals surface area contributed by atoms with Gasteiger partial charge in [-0.1, -0.05) is 133 Å². The van der Waals surface area contributed by atoms with Crippen molar-refractivity contribution in [3.63, 3.8) is 0 Å². The van der Waals surface area contributed by atoms with Crippen molar-refractivity contribution in [3.05, 3.63) is 158 Å². The molecule has 0 aliphatic carbocycles. The molecule has 220 valence electrons. The first kappa shape index (κ1) is 26.8. The molecule has 0 aliphatic rings. The average Bonchev–Trinajstić information content (AvgIpc) is 3.60. The van der Waals surface area contributed by atoms with Crippen molar-refractivity contribution in [3.8, 4) is 51.0 Å². The number of fused-ring (bicyclic) bond motifs is 5. The third-order valence-corrected chi connectivity index (χ3v) is 8.51. The first-order chi connectivity index (χ1) is 23.3. The minimum absolute atomic E-state index is 0.641. The van der Waals surface area contributed by atoms with Gasteiger partial charge in [0.25, 0.3) is 0 Å². The summed E-state index contributed by atoms with van der Waals surface area (Å²) in [6.07, 6.45) is 0. The molecule has 6 nitrogen and oxygen atoms in total. The molecular formula is C41H26N6. The fourth-order valence-electron chi connectivity index (χ4n) is 6.13. The van der Waals surface area contributed by atoms with E-state index < -0.39 is 0 Å². The van der Waals surface area contributed by atoms with Gasteiger partial charge in [0.15, 0.2) is 17.5 Å². The van der Waals surface area contributed by atoms with E-state index >= 15 is 0 Å². The summed E-state index contributed by atoms with van der Waals surface area (Å²) in [6.45, 7) is 0. The second-order valence-electron chi connectivity index (χ2n) is 11.5. The fraction of sp³-hybridized carbons (Fsp3) is 0. The second-order valence-corrected chi connectivity index (χ2v) is 11.5. The summed E-state index contributed by atoms with van der Waals surface area (Å²) in [5, 5.41) is 14.3. The molecule has 0 atom stereocenters. The van der Waals surface area contributed by atoms with Crippen LogP contribution in [-0.4, -0.2) is 29.9 Å². The van der Waals surface area contributed by atoms with Crippen molar-refractivity contribution in [1.29, 1.82) is 0 Å². The Kier molecular flexibility index (Phi) is 6.35. The number of hydrogen-bond acceptors (Lipinski definition) is 5. The Hall–Kier alpha value is -6.53. The maximum Gasteiger partial charge on any atom is 0.164 e. The van der Waals surface area contributed by atoms with Gasteiger partial charge in [-0.25, -0.2) is 15.0 Å². The molecule has 0 fully saturated rings. The molecule has 47 heavy (non-hydrogen) atoms. The van der Waals surface area contributed by atoms with Gasteiger partial charge in [0.2, 0.25) is 0 Å². The predicted molar refractivity (Wildman–Crippen MR) is 189 cm³/mol. The Bertz CT molecular complexity index is 2490. The van der Waals surface area contributed by atoms with Crippen LogP contribution >= 0.6 is 0 Å². The molecule has 0 radical (unpaired) electrons. The van der Waals surface area contributed by atoms with Gasteiger partial charge in [0, 0.05) is 22.1 Å². The highest BCUT2D eigenvalue weighted by Gasteiger charge is 2.14. The molecule has 0 unspecified atom stereocenters. The number of rotatable bonds is 5. The lowest BCUT2D eigenvalue weighted by Gasteiger charge is -2.10. The van der Waals surface area contributed by atoms with Crippen LogP contribution in [0.2, 0.25) is 0 Å². The van der Waals surface area contributed by atoms with Crippen molar-refractivity contribution in [1.82, 2.24) is 29.9 Å². The van der Waals surface area contributed by atoms with Crippen molar-refractivity contribution < 1.29 is 0 Å². The molecule has 0 bridgehead atoms. The lowest BCUT2D eigenvalue weighted by Crippen LogP contribution is -2.00. The van der Waals surface area contributed by atoms with Crippen molar-refractivity contribution in [2.24, 2.45) is 0 Å². The standard InChI is InChI=1S/C41H26N6/c1-4-10-29(11-5-1)39-42-40(30-12-6-2-7-13-30)44-41(43-39)31-19-16-27(17-20-31)32-22-24-35-33(26-32)21-18-28-23-25-36-38(37(28)35)46-47(45-36)34-14-8-3-9-15-34/h1-26H. The van der Waals surface area contributed by atoms with Crippen LogP contribution in [0, 0.1) is 0 Å². The first-order valence-corrected chi connectivity index (χ1v) is 15.5. The number of aromatic nitrogens is 6. The van der Waals surface area contributed by atoms with Gasteiger partial charge in [-0.15, -0.1) is 10.2 Å². The van der Waals surface area contributed by atoms with Crippen molar-refractivity contribution >= 4 is 32.6 Å². The largest absolute Gasteiger partial charge is 0.208 e. The highest BCUT2D eigenvalue weighted by molar-refractivity contribution is 6.18. The van der Waals surface area contributed by atoms with Gasteiger partial charge in [-0.05, 0) is 51.6 Å². The van der Waals surface area contributed by atoms with Gasteiger partial charge < -0.3 is 0 Å². The molecule has 9 aromatic rings. The van der Waals surface area contributed by atoms with E-state index in [0.717, 1.165) is 66.1 Å². The van der Waals surface area contributed by atoms with Gasteiger partial charge in [-0.2, -0.15) is 4.80 Å². The third kappa shape index (κ3) is 4.89. The van der Waals surface area contributed by atoms with Crippen LogP contribution in [0.1, 0.15) is 0 Å². The van der Waals surface area contributed by atoms with E-state index in [0.29, 0.717) is 17.5 Å². The van der Waals surface area contributed by atoms with Crippen LogP contribution in [0.4, 0.5) is 0 Å². The summed E-state index contributed by atoms with van der Waals surface area (Å²) in [6, 6.07) is 53.7. The Morgan fingerprint density at radius 3 is 1.53 bits per heavy atom. The van der Waals surface area contributed by atoms with Crippen LogP contribution < -0.4 is 0 Å². The number of para-hydroxylation sites is 1. The summed E-state index contributed by atoms with van der Waals surface area (Å²) in [5.74, 6) is 1.94. The molecule has 0 aliphatic heterocycles. The van der Waals surface area contributed by atoms with E-state index in [1.54, 1.807) is 4.80 Å². The minimum atomic E-state index is 0.641. The Morgan fingerprint density at radius 2 is 0.894 bits per heavy atom. The molecule has 2 aromatic heterocycles. The van der Waals surface area contributed by atoms with Crippen LogP contribution in [0.25, 0.3) is 83.6 Å². The van der Waals surface area contributed by atoms with E-state index in [4.69, 9.17) is 25.1 Å². The quantitative estimate of drug-likeness (QED) is 0.184.